The summed E-state index contributed by atoms with van der Waals surface area (Å²) in [5.41, 5.74) is 9.60. The normalized spacial score (nSPS) is 14.8. The molecule has 0 bridgehead atoms. The van der Waals surface area contributed by atoms with Gasteiger partial charge in [0.1, 0.15) is 22.7 Å². The SMILES string of the molecule is Nc1c(C(=O)Nc2cccc(F)c2)c2nc3ccccc3nc2n1CCN1CCCCC1. The number of para-hydroxylation sites is 2. The molecule has 0 unspecified atom stereocenters. The Bertz CT molecular complexity index is 1290. The van der Waals surface area contributed by atoms with Crippen LogP contribution >= 0.6 is 0 Å². The van der Waals surface area contributed by atoms with Gasteiger partial charge in [0.15, 0.2) is 5.65 Å². The van der Waals surface area contributed by atoms with Crippen LogP contribution < -0.4 is 11.1 Å². The summed E-state index contributed by atoms with van der Waals surface area (Å²) in [6.07, 6.45) is 3.67. The van der Waals surface area contributed by atoms with Gasteiger partial charge in [-0.1, -0.05) is 24.6 Å². The summed E-state index contributed by atoms with van der Waals surface area (Å²) >= 11 is 0. The topological polar surface area (TPSA) is 89.1 Å². The Balaban J connectivity index is 1.56. The van der Waals surface area contributed by atoms with Crippen molar-refractivity contribution in [2.24, 2.45) is 0 Å². The molecular weight excluding hydrogens is 407 g/mol. The molecular formula is C24H25FN6O. The number of halogens is 1. The molecule has 0 radical (unpaired) electrons. The number of nitrogen functional groups attached to an aromatic ring is 1. The first-order chi connectivity index (χ1) is 15.6. The zero-order chi connectivity index (χ0) is 22.1. The second-order valence-corrected chi connectivity index (χ2v) is 8.16. The molecule has 8 heteroatoms. The third kappa shape index (κ3) is 3.89. The molecule has 164 valence electrons. The maximum atomic E-state index is 13.6. The molecule has 1 amide bonds. The predicted octanol–water partition coefficient (Wildman–Crippen LogP) is 4.04. The zero-order valence-electron chi connectivity index (χ0n) is 17.7. The fourth-order valence-corrected chi connectivity index (χ4v) is 4.35. The Morgan fingerprint density at radius 3 is 2.50 bits per heavy atom. The molecule has 1 fully saturated rings. The maximum absolute atomic E-state index is 13.6. The average Bonchev–Trinajstić information content (AvgIpc) is 3.07. The fourth-order valence-electron chi connectivity index (χ4n) is 4.35. The van der Waals surface area contributed by atoms with Crippen LogP contribution in [0.3, 0.4) is 0 Å². The van der Waals surface area contributed by atoms with Crippen molar-refractivity contribution in [3.05, 3.63) is 59.9 Å². The standard InChI is InChI=1S/C24H25FN6O/c25-16-7-6-8-17(15-16)27-24(32)20-21-23(29-19-10-3-2-9-18(19)28-21)31(22(20)26)14-13-30-11-4-1-5-12-30/h2-3,6-10,15H,1,4-5,11-14,26H2,(H,27,32). The van der Waals surface area contributed by atoms with Crippen LogP contribution in [0.15, 0.2) is 48.5 Å². The molecule has 0 saturated carbocycles. The number of amides is 1. The lowest BCUT2D eigenvalue weighted by Crippen LogP contribution is -2.32. The summed E-state index contributed by atoms with van der Waals surface area (Å²) in [5.74, 6) is -0.536. The largest absolute Gasteiger partial charge is 0.384 e. The summed E-state index contributed by atoms with van der Waals surface area (Å²) in [6.45, 7) is 3.58. The molecule has 2 aromatic carbocycles. The lowest BCUT2D eigenvalue weighted by atomic mass is 10.1. The number of piperidine rings is 1. The number of rotatable bonds is 5. The monoisotopic (exact) mass is 432 g/mol. The second kappa shape index (κ2) is 8.55. The van der Waals surface area contributed by atoms with Crippen LogP contribution in [0.5, 0.6) is 0 Å². The highest BCUT2D eigenvalue weighted by Gasteiger charge is 2.24. The number of anilines is 2. The first-order valence-corrected chi connectivity index (χ1v) is 10.9. The maximum Gasteiger partial charge on any atom is 0.261 e. The van der Waals surface area contributed by atoms with Gasteiger partial charge in [-0.3, -0.25) is 4.79 Å². The van der Waals surface area contributed by atoms with Gasteiger partial charge in [0.05, 0.1) is 11.0 Å². The van der Waals surface area contributed by atoms with Gasteiger partial charge in [0.25, 0.3) is 5.91 Å². The number of carbonyl (C=O) groups is 1. The molecule has 0 aliphatic carbocycles. The van der Waals surface area contributed by atoms with Gasteiger partial charge < -0.3 is 20.5 Å². The smallest absolute Gasteiger partial charge is 0.261 e. The quantitative estimate of drug-likeness (QED) is 0.497. The number of nitrogens with one attached hydrogen (secondary N) is 1. The molecule has 1 aliphatic heterocycles. The minimum absolute atomic E-state index is 0.265. The van der Waals surface area contributed by atoms with Crippen molar-refractivity contribution in [2.45, 2.75) is 25.8 Å². The molecule has 0 atom stereocenters. The Kier molecular flexibility index (Phi) is 5.45. The summed E-state index contributed by atoms with van der Waals surface area (Å²) in [7, 11) is 0. The van der Waals surface area contributed by atoms with Gasteiger partial charge >= 0.3 is 0 Å². The van der Waals surface area contributed by atoms with Crippen LogP contribution in [0.25, 0.3) is 22.2 Å². The van der Waals surface area contributed by atoms with Gasteiger partial charge in [-0.15, -0.1) is 0 Å². The van der Waals surface area contributed by atoms with Crippen molar-refractivity contribution in [2.75, 3.05) is 30.7 Å². The van der Waals surface area contributed by atoms with E-state index in [1.807, 2.05) is 28.8 Å². The highest BCUT2D eigenvalue weighted by atomic mass is 19.1. The summed E-state index contributed by atoms with van der Waals surface area (Å²) in [4.78, 5) is 25.1. The lowest BCUT2D eigenvalue weighted by Gasteiger charge is -2.26. The van der Waals surface area contributed by atoms with E-state index in [0.29, 0.717) is 34.7 Å². The molecule has 2 aromatic heterocycles. The molecule has 1 saturated heterocycles. The third-order valence-corrected chi connectivity index (χ3v) is 5.99. The first-order valence-electron chi connectivity index (χ1n) is 10.9. The summed E-state index contributed by atoms with van der Waals surface area (Å²) < 4.78 is 15.5. The van der Waals surface area contributed by atoms with Crippen LogP contribution in [0.4, 0.5) is 15.9 Å². The van der Waals surface area contributed by atoms with E-state index >= 15 is 0 Å². The van der Waals surface area contributed by atoms with E-state index in [1.165, 1.54) is 31.4 Å². The Hall–Kier alpha value is -3.52. The molecule has 32 heavy (non-hydrogen) atoms. The Labute approximate surface area is 185 Å². The third-order valence-electron chi connectivity index (χ3n) is 5.99. The van der Waals surface area contributed by atoms with E-state index in [9.17, 15) is 9.18 Å². The number of nitrogens with zero attached hydrogens (tertiary/aromatic N) is 4. The highest BCUT2D eigenvalue weighted by molar-refractivity contribution is 6.16. The highest BCUT2D eigenvalue weighted by Crippen LogP contribution is 2.29. The average molecular weight is 433 g/mol. The van der Waals surface area contributed by atoms with E-state index in [0.717, 1.165) is 25.2 Å². The molecule has 0 spiro atoms. The summed E-state index contributed by atoms with van der Waals surface area (Å²) in [5, 5.41) is 2.75. The molecule has 3 N–H and O–H groups in total. The molecule has 5 rings (SSSR count). The minimum Gasteiger partial charge on any atom is -0.384 e. The fraction of sp³-hybridized carbons (Fsp3) is 0.292. The van der Waals surface area contributed by atoms with Crippen LogP contribution in [0.1, 0.15) is 29.6 Å². The van der Waals surface area contributed by atoms with Gasteiger partial charge in [-0.25, -0.2) is 14.4 Å². The van der Waals surface area contributed by atoms with Crippen LogP contribution in [-0.4, -0.2) is 45.0 Å². The predicted molar refractivity (Wildman–Crippen MR) is 124 cm³/mol. The number of carbonyl (C=O) groups excluding carboxylic acids is 1. The molecule has 4 aromatic rings. The van der Waals surface area contributed by atoms with Gasteiger partial charge in [0, 0.05) is 18.8 Å². The number of likely N-dealkylation sites (tertiary alicyclic amines) is 1. The van der Waals surface area contributed by atoms with Crippen LogP contribution in [-0.2, 0) is 6.54 Å². The Morgan fingerprint density at radius 2 is 1.75 bits per heavy atom. The number of fused-ring (bicyclic) bond motifs is 2. The van der Waals surface area contributed by atoms with E-state index in [1.54, 1.807) is 12.1 Å². The number of nitrogens with two attached hydrogens (primary N) is 1. The van der Waals surface area contributed by atoms with Gasteiger partial charge in [-0.2, -0.15) is 0 Å². The van der Waals surface area contributed by atoms with Crippen molar-refractivity contribution in [1.29, 1.82) is 0 Å². The number of hydrogen-bond acceptors (Lipinski definition) is 5. The van der Waals surface area contributed by atoms with Crippen molar-refractivity contribution < 1.29 is 9.18 Å². The number of aromatic nitrogens is 3. The number of hydrogen-bond donors (Lipinski definition) is 2. The lowest BCUT2D eigenvalue weighted by molar-refractivity contribution is 0.102. The van der Waals surface area contributed by atoms with Crippen molar-refractivity contribution >= 4 is 39.6 Å². The molecule has 1 aliphatic rings. The van der Waals surface area contributed by atoms with E-state index in [2.05, 4.69) is 10.2 Å². The van der Waals surface area contributed by atoms with Crippen molar-refractivity contribution in [3.63, 3.8) is 0 Å². The van der Waals surface area contributed by atoms with Crippen LogP contribution in [0, 0.1) is 5.82 Å². The summed E-state index contributed by atoms with van der Waals surface area (Å²) in [6, 6.07) is 13.3. The first kappa shape index (κ1) is 20.4. The number of benzene rings is 2. The zero-order valence-corrected chi connectivity index (χ0v) is 17.7. The van der Waals surface area contributed by atoms with Crippen molar-refractivity contribution in [1.82, 2.24) is 19.4 Å². The van der Waals surface area contributed by atoms with Gasteiger partial charge in [-0.05, 0) is 56.3 Å². The van der Waals surface area contributed by atoms with Crippen LogP contribution in [0.2, 0.25) is 0 Å². The Morgan fingerprint density at radius 1 is 1.00 bits per heavy atom. The van der Waals surface area contributed by atoms with E-state index in [-0.39, 0.29) is 5.56 Å². The molecule has 3 heterocycles. The van der Waals surface area contributed by atoms with Gasteiger partial charge in [0.2, 0.25) is 0 Å². The van der Waals surface area contributed by atoms with E-state index in [4.69, 9.17) is 15.7 Å². The second-order valence-electron chi connectivity index (χ2n) is 8.16. The minimum atomic E-state index is -0.431. The van der Waals surface area contributed by atoms with Crippen molar-refractivity contribution in [3.8, 4) is 0 Å². The molecule has 7 nitrogen and oxygen atoms in total. The van der Waals surface area contributed by atoms with E-state index < -0.39 is 11.7 Å².